The van der Waals surface area contributed by atoms with Gasteiger partial charge in [0.05, 0.1) is 6.04 Å². The molecule has 1 fully saturated rings. The van der Waals surface area contributed by atoms with Crippen LogP contribution in [0.3, 0.4) is 0 Å². The topological polar surface area (TPSA) is 66.3 Å². The number of hydrogen-bond donors (Lipinski definition) is 1. The molecule has 0 spiro atoms. The molecule has 0 bridgehead atoms. The average Bonchev–Trinajstić information content (AvgIpc) is 2.31. The van der Waals surface area contributed by atoms with E-state index in [1.807, 2.05) is 4.90 Å². The molecule has 2 N–H and O–H groups in total. The number of hydrogen-bond acceptors (Lipinski definition) is 3. The van der Waals surface area contributed by atoms with Crippen molar-refractivity contribution >= 4 is 5.96 Å². The van der Waals surface area contributed by atoms with E-state index >= 15 is 0 Å². The number of azo groups is 1. The lowest BCUT2D eigenvalue weighted by atomic mass is 10.1. The van der Waals surface area contributed by atoms with Crippen LogP contribution in [0.1, 0.15) is 26.7 Å². The van der Waals surface area contributed by atoms with Gasteiger partial charge >= 0.3 is 0 Å². The van der Waals surface area contributed by atoms with Crippen molar-refractivity contribution in [3.63, 3.8) is 0 Å². The zero-order chi connectivity index (χ0) is 12.8. The van der Waals surface area contributed by atoms with Crippen LogP contribution in [0.5, 0.6) is 0 Å². The maximum absolute atomic E-state index is 12.9. The summed E-state index contributed by atoms with van der Waals surface area (Å²) in [6.45, 7) is 4.86. The number of piperidine rings is 1. The summed E-state index contributed by atoms with van der Waals surface area (Å²) in [7, 11) is 1.67. The largest absolute Gasteiger partial charge is 0.340 e. The first kappa shape index (κ1) is 14.0. The van der Waals surface area contributed by atoms with E-state index in [2.05, 4.69) is 15.2 Å². The van der Waals surface area contributed by atoms with Crippen molar-refractivity contribution in [2.75, 3.05) is 20.1 Å². The number of aliphatic imine (C=N–C) groups is 1. The fourth-order valence-corrected chi connectivity index (χ4v) is 1.58. The molecular formula is C11H22FN5. The molecule has 1 rings (SSSR count). The number of guanidine groups is 1. The molecule has 6 heteroatoms. The van der Waals surface area contributed by atoms with E-state index in [0.717, 1.165) is 25.9 Å². The number of alkyl halides is 1. The molecule has 1 aliphatic heterocycles. The summed E-state index contributed by atoms with van der Waals surface area (Å²) in [6.07, 6.45) is 0.874. The average molecular weight is 243 g/mol. The molecule has 0 saturated carbocycles. The summed E-state index contributed by atoms with van der Waals surface area (Å²) in [5.74, 6) is 0.574. The first-order valence-corrected chi connectivity index (χ1v) is 6.06. The lowest BCUT2D eigenvalue weighted by molar-refractivity contribution is 0.302. The van der Waals surface area contributed by atoms with Crippen LogP contribution in [0.15, 0.2) is 15.2 Å². The summed E-state index contributed by atoms with van der Waals surface area (Å²) < 4.78 is 12.9. The summed E-state index contributed by atoms with van der Waals surface area (Å²) in [5, 5.41) is 7.97. The van der Waals surface area contributed by atoms with Gasteiger partial charge in [0.1, 0.15) is 6.17 Å². The maximum atomic E-state index is 12.9. The van der Waals surface area contributed by atoms with Crippen LogP contribution in [0, 0.1) is 0 Å². The van der Waals surface area contributed by atoms with Gasteiger partial charge < -0.3 is 10.6 Å². The Morgan fingerprint density at radius 2 is 1.94 bits per heavy atom. The minimum Gasteiger partial charge on any atom is -0.340 e. The number of rotatable bonds is 2. The summed E-state index contributed by atoms with van der Waals surface area (Å²) in [6, 6.07) is -0.162. The van der Waals surface area contributed by atoms with Gasteiger partial charge in [-0.2, -0.15) is 5.11 Å². The second kappa shape index (κ2) is 6.64. The minimum absolute atomic E-state index is 0.270. The second-order valence-corrected chi connectivity index (χ2v) is 4.48. The van der Waals surface area contributed by atoms with Gasteiger partial charge in [-0.3, -0.25) is 4.99 Å². The number of nitrogens with two attached hydrogens (primary N) is 1. The van der Waals surface area contributed by atoms with Crippen molar-refractivity contribution in [3.8, 4) is 0 Å². The van der Waals surface area contributed by atoms with Gasteiger partial charge in [-0.05, 0) is 26.7 Å². The van der Waals surface area contributed by atoms with Gasteiger partial charge in [0.2, 0.25) is 5.96 Å². The molecule has 2 atom stereocenters. The van der Waals surface area contributed by atoms with Crippen LogP contribution in [-0.2, 0) is 0 Å². The highest BCUT2D eigenvalue weighted by atomic mass is 19.1. The van der Waals surface area contributed by atoms with E-state index in [-0.39, 0.29) is 6.04 Å². The predicted octanol–water partition coefficient (Wildman–Crippen LogP) is 1.59. The molecule has 1 aliphatic rings. The third-order valence-corrected chi connectivity index (χ3v) is 3.02. The molecule has 5 nitrogen and oxygen atoms in total. The fraction of sp³-hybridized carbons (Fsp3) is 0.909. The molecule has 17 heavy (non-hydrogen) atoms. The Morgan fingerprint density at radius 1 is 1.35 bits per heavy atom. The zero-order valence-electron chi connectivity index (χ0n) is 10.8. The van der Waals surface area contributed by atoms with E-state index in [9.17, 15) is 4.39 Å². The van der Waals surface area contributed by atoms with Crippen molar-refractivity contribution < 1.29 is 4.39 Å². The van der Waals surface area contributed by atoms with Gasteiger partial charge in [-0.1, -0.05) is 0 Å². The summed E-state index contributed by atoms with van der Waals surface area (Å²) in [4.78, 5) is 6.13. The molecule has 0 aromatic rings. The van der Waals surface area contributed by atoms with Crippen molar-refractivity contribution in [2.45, 2.75) is 44.9 Å². The summed E-state index contributed by atoms with van der Waals surface area (Å²) in [5.41, 5.74) is 5.83. The van der Waals surface area contributed by atoms with Crippen LogP contribution in [-0.4, -0.2) is 49.3 Å². The van der Waals surface area contributed by atoms with Gasteiger partial charge in [0.15, 0.2) is 0 Å². The van der Waals surface area contributed by atoms with Gasteiger partial charge in [0.25, 0.3) is 0 Å². The molecule has 1 heterocycles. The van der Waals surface area contributed by atoms with E-state index in [4.69, 9.17) is 5.73 Å². The van der Waals surface area contributed by atoms with Gasteiger partial charge in [-0.25, -0.2) is 4.39 Å². The fourth-order valence-electron chi connectivity index (χ4n) is 1.58. The molecule has 0 amide bonds. The van der Waals surface area contributed by atoms with E-state index in [1.54, 1.807) is 14.0 Å². The van der Waals surface area contributed by atoms with Gasteiger partial charge in [0, 0.05) is 26.2 Å². The standard InChI is InChI=1S/C11H22FN5/c1-8(12)9(2)15-16-11(14-3)17-6-4-10(13)5-7-17/h8-10H,4-7,13H2,1-3H3/b14-11+,16-15-. The molecule has 0 aromatic heterocycles. The van der Waals surface area contributed by atoms with Crippen LogP contribution in [0.2, 0.25) is 0 Å². The normalized spacial score (nSPS) is 23.1. The quantitative estimate of drug-likeness (QED) is 0.454. The zero-order valence-corrected chi connectivity index (χ0v) is 10.8. The maximum Gasteiger partial charge on any atom is 0.239 e. The molecule has 0 radical (unpaired) electrons. The van der Waals surface area contributed by atoms with Crippen LogP contribution in [0.25, 0.3) is 0 Å². The molecule has 2 unspecified atom stereocenters. The second-order valence-electron chi connectivity index (χ2n) is 4.48. The first-order chi connectivity index (χ1) is 8.04. The Balaban J connectivity index is 2.55. The van der Waals surface area contributed by atoms with E-state index in [1.165, 1.54) is 6.92 Å². The van der Waals surface area contributed by atoms with Crippen LogP contribution >= 0.6 is 0 Å². The Labute approximate surface area is 102 Å². The van der Waals surface area contributed by atoms with E-state index < -0.39 is 12.2 Å². The molecule has 0 aliphatic carbocycles. The van der Waals surface area contributed by atoms with E-state index in [0.29, 0.717) is 5.96 Å². The molecule has 1 saturated heterocycles. The molecule has 98 valence electrons. The number of halogens is 1. The number of likely N-dealkylation sites (tertiary alicyclic amines) is 1. The van der Waals surface area contributed by atoms with Gasteiger partial charge in [-0.15, -0.1) is 5.11 Å². The molecular weight excluding hydrogens is 221 g/mol. The lowest BCUT2D eigenvalue weighted by Crippen LogP contribution is -2.42. The number of nitrogens with zero attached hydrogens (tertiary/aromatic N) is 4. The van der Waals surface area contributed by atoms with Crippen molar-refractivity contribution in [1.82, 2.24) is 4.90 Å². The highest BCUT2D eigenvalue weighted by molar-refractivity contribution is 5.80. The Hall–Kier alpha value is -1.04. The molecule has 0 aromatic carbocycles. The Morgan fingerprint density at radius 3 is 2.41 bits per heavy atom. The first-order valence-electron chi connectivity index (χ1n) is 6.06. The van der Waals surface area contributed by atoms with Crippen LogP contribution in [0.4, 0.5) is 4.39 Å². The summed E-state index contributed by atoms with van der Waals surface area (Å²) >= 11 is 0. The highest BCUT2D eigenvalue weighted by Gasteiger charge is 2.19. The Kier molecular flexibility index (Phi) is 5.47. The highest BCUT2D eigenvalue weighted by Crippen LogP contribution is 2.10. The Bertz CT molecular complexity index is 282. The monoisotopic (exact) mass is 243 g/mol. The van der Waals surface area contributed by atoms with Crippen molar-refractivity contribution in [2.24, 2.45) is 21.0 Å². The predicted molar refractivity (Wildman–Crippen MR) is 67.0 cm³/mol. The van der Waals surface area contributed by atoms with Crippen LogP contribution < -0.4 is 5.73 Å². The lowest BCUT2D eigenvalue weighted by Gasteiger charge is -2.30. The van der Waals surface area contributed by atoms with Crippen molar-refractivity contribution in [1.29, 1.82) is 0 Å². The third kappa shape index (κ3) is 4.38. The SMILES string of the molecule is C/N=C(\N=N/C(C)C(C)F)N1CCC(N)CC1. The smallest absolute Gasteiger partial charge is 0.239 e. The minimum atomic E-state index is -0.994. The van der Waals surface area contributed by atoms with Crippen molar-refractivity contribution in [3.05, 3.63) is 0 Å². The third-order valence-electron chi connectivity index (χ3n) is 3.02.